The van der Waals surface area contributed by atoms with Gasteiger partial charge in [-0.25, -0.2) is 0 Å². The van der Waals surface area contributed by atoms with Crippen molar-refractivity contribution >= 4 is 34.6 Å². The number of aryl methyl sites for hydroxylation is 1. The number of nitrogens with zero attached hydrogens (tertiary/aromatic N) is 1. The highest BCUT2D eigenvalue weighted by atomic mass is 35.5. The Bertz CT molecular complexity index is 810. The van der Waals surface area contributed by atoms with Gasteiger partial charge >= 0.3 is 0 Å². The second-order valence-electron chi connectivity index (χ2n) is 5.85. The average molecular weight is 362 g/mol. The Kier molecular flexibility index (Phi) is 4.90. The van der Waals surface area contributed by atoms with Crippen LogP contribution in [0.15, 0.2) is 30.3 Å². The van der Waals surface area contributed by atoms with Crippen LogP contribution in [0.1, 0.15) is 5.56 Å². The number of hydrogen-bond acceptors (Lipinski definition) is 5. The minimum atomic E-state index is -0.157. The van der Waals surface area contributed by atoms with Crippen molar-refractivity contribution in [1.82, 2.24) is 0 Å². The molecule has 1 heterocycles. The van der Waals surface area contributed by atoms with Crippen molar-refractivity contribution in [2.45, 2.75) is 6.92 Å². The van der Waals surface area contributed by atoms with Crippen LogP contribution in [0.25, 0.3) is 0 Å². The summed E-state index contributed by atoms with van der Waals surface area (Å²) < 4.78 is 10.9. The number of nitrogen functional groups attached to an aromatic ring is 1. The molecule has 1 aliphatic rings. The molecule has 0 saturated heterocycles. The number of anilines is 3. The Labute approximate surface area is 151 Å². The SMILES string of the molecule is COc1cc(Cl)c(C)cc1NC(=O)CN1CCOc2ccc(N)cc21. The molecule has 25 heavy (non-hydrogen) atoms. The topological polar surface area (TPSA) is 76.8 Å². The van der Waals surface area contributed by atoms with Crippen LogP contribution in [0.3, 0.4) is 0 Å². The molecule has 2 aromatic rings. The van der Waals surface area contributed by atoms with Crippen LogP contribution in [0.5, 0.6) is 11.5 Å². The average Bonchev–Trinajstić information content (AvgIpc) is 2.58. The lowest BCUT2D eigenvalue weighted by Crippen LogP contribution is -2.38. The summed E-state index contributed by atoms with van der Waals surface area (Å²) in [5.41, 5.74) is 8.76. The van der Waals surface area contributed by atoms with Crippen molar-refractivity contribution in [2.24, 2.45) is 0 Å². The Morgan fingerprint density at radius 2 is 2.20 bits per heavy atom. The third kappa shape index (κ3) is 3.74. The molecule has 6 nitrogen and oxygen atoms in total. The van der Waals surface area contributed by atoms with Crippen LogP contribution in [0.4, 0.5) is 17.1 Å². The third-order valence-corrected chi connectivity index (χ3v) is 4.44. The number of fused-ring (bicyclic) bond motifs is 1. The molecule has 0 bridgehead atoms. The van der Waals surface area contributed by atoms with E-state index in [1.165, 1.54) is 7.11 Å². The lowest BCUT2D eigenvalue weighted by molar-refractivity contribution is -0.115. The number of carbonyl (C=O) groups excluding carboxylic acids is 1. The van der Waals surface area contributed by atoms with Crippen molar-refractivity contribution in [3.63, 3.8) is 0 Å². The smallest absolute Gasteiger partial charge is 0.243 e. The number of nitrogens with one attached hydrogen (secondary N) is 1. The minimum absolute atomic E-state index is 0.157. The van der Waals surface area contributed by atoms with Crippen LogP contribution in [0.2, 0.25) is 5.02 Å². The molecule has 1 amide bonds. The minimum Gasteiger partial charge on any atom is -0.495 e. The Morgan fingerprint density at radius 3 is 2.96 bits per heavy atom. The number of carbonyl (C=O) groups is 1. The van der Waals surface area contributed by atoms with Crippen molar-refractivity contribution in [3.05, 3.63) is 40.9 Å². The van der Waals surface area contributed by atoms with E-state index < -0.39 is 0 Å². The van der Waals surface area contributed by atoms with E-state index in [0.29, 0.717) is 35.3 Å². The van der Waals surface area contributed by atoms with E-state index in [1.54, 1.807) is 18.2 Å². The zero-order valence-electron chi connectivity index (χ0n) is 14.1. The summed E-state index contributed by atoms with van der Waals surface area (Å²) in [7, 11) is 1.54. The molecule has 7 heteroatoms. The standard InChI is InChI=1S/C18H20ClN3O3/c1-11-7-14(17(24-2)9-13(11)19)21-18(23)10-22-5-6-25-16-4-3-12(20)8-15(16)22/h3-4,7-9H,5-6,10,20H2,1-2H3,(H,21,23). The highest BCUT2D eigenvalue weighted by Gasteiger charge is 2.21. The van der Waals surface area contributed by atoms with Gasteiger partial charge in [0, 0.05) is 16.8 Å². The van der Waals surface area contributed by atoms with Gasteiger partial charge in [-0.3, -0.25) is 4.79 Å². The van der Waals surface area contributed by atoms with E-state index in [9.17, 15) is 4.79 Å². The monoisotopic (exact) mass is 361 g/mol. The van der Waals surface area contributed by atoms with E-state index in [2.05, 4.69) is 5.32 Å². The molecule has 3 rings (SSSR count). The summed E-state index contributed by atoms with van der Waals surface area (Å²) in [5, 5.41) is 3.48. The van der Waals surface area contributed by atoms with Gasteiger partial charge in [-0.05, 0) is 36.8 Å². The maximum atomic E-state index is 12.5. The molecule has 1 aliphatic heterocycles. The zero-order chi connectivity index (χ0) is 18.0. The summed E-state index contributed by atoms with van der Waals surface area (Å²) in [6.07, 6.45) is 0. The fourth-order valence-corrected chi connectivity index (χ4v) is 2.90. The Balaban J connectivity index is 1.76. The van der Waals surface area contributed by atoms with Gasteiger partial charge < -0.3 is 25.4 Å². The molecule has 0 aliphatic carbocycles. The van der Waals surface area contributed by atoms with Crippen molar-refractivity contribution in [1.29, 1.82) is 0 Å². The van der Waals surface area contributed by atoms with E-state index in [0.717, 1.165) is 17.0 Å². The van der Waals surface area contributed by atoms with Crippen molar-refractivity contribution in [2.75, 3.05) is 42.8 Å². The molecular formula is C18H20ClN3O3. The van der Waals surface area contributed by atoms with Gasteiger partial charge in [0.25, 0.3) is 0 Å². The number of methoxy groups -OCH3 is 1. The quantitative estimate of drug-likeness (QED) is 0.818. The fourth-order valence-electron chi connectivity index (χ4n) is 2.75. The summed E-state index contributed by atoms with van der Waals surface area (Å²) >= 11 is 6.10. The molecule has 0 saturated carbocycles. The van der Waals surface area contributed by atoms with Crippen LogP contribution in [-0.4, -0.2) is 32.7 Å². The van der Waals surface area contributed by atoms with Gasteiger partial charge in [0.1, 0.15) is 18.1 Å². The third-order valence-electron chi connectivity index (χ3n) is 4.03. The first kappa shape index (κ1) is 17.2. The van der Waals surface area contributed by atoms with Gasteiger partial charge in [-0.15, -0.1) is 0 Å². The molecule has 2 aromatic carbocycles. The van der Waals surface area contributed by atoms with Gasteiger partial charge in [0.2, 0.25) is 5.91 Å². The van der Waals surface area contributed by atoms with Gasteiger partial charge in [-0.1, -0.05) is 11.6 Å². The largest absolute Gasteiger partial charge is 0.495 e. The summed E-state index contributed by atoms with van der Waals surface area (Å²) in [5.74, 6) is 1.10. The molecule has 0 spiro atoms. The van der Waals surface area contributed by atoms with Gasteiger partial charge in [-0.2, -0.15) is 0 Å². The number of benzene rings is 2. The summed E-state index contributed by atoms with van der Waals surface area (Å²) in [6, 6.07) is 8.90. The Morgan fingerprint density at radius 1 is 1.40 bits per heavy atom. The van der Waals surface area contributed by atoms with Crippen molar-refractivity contribution in [3.8, 4) is 11.5 Å². The maximum absolute atomic E-state index is 12.5. The first-order valence-electron chi connectivity index (χ1n) is 7.89. The van der Waals surface area contributed by atoms with Gasteiger partial charge in [0.05, 0.1) is 31.6 Å². The molecule has 132 valence electrons. The predicted octanol–water partition coefficient (Wildman–Crippen LogP) is 3.08. The van der Waals surface area contributed by atoms with E-state index in [1.807, 2.05) is 24.0 Å². The molecule has 0 fully saturated rings. The molecular weight excluding hydrogens is 342 g/mol. The number of rotatable bonds is 4. The van der Waals surface area contributed by atoms with Crippen LogP contribution < -0.4 is 25.4 Å². The molecule has 0 aromatic heterocycles. The molecule has 0 atom stereocenters. The van der Waals surface area contributed by atoms with Crippen LogP contribution >= 0.6 is 11.6 Å². The van der Waals surface area contributed by atoms with E-state index in [-0.39, 0.29) is 12.5 Å². The predicted molar refractivity (Wildman–Crippen MR) is 99.9 cm³/mol. The van der Waals surface area contributed by atoms with E-state index in [4.69, 9.17) is 26.8 Å². The summed E-state index contributed by atoms with van der Waals surface area (Å²) in [4.78, 5) is 14.5. The maximum Gasteiger partial charge on any atom is 0.243 e. The van der Waals surface area contributed by atoms with Crippen LogP contribution in [-0.2, 0) is 4.79 Å². The number of nitrogens with two attached hydrogens (primary N) is 1. The second kappa shape index (κ2) is 7.11. The number of amides is 1. The zero-order valence-corrected chi connectivity index (χ0v) is 14.9. The van der Waals surface area contributed by atoms with Crippen molar-refractivity contribution < 1.29 is 14.3 Å². The summed E-state index contributed by atoms with van der Waals surface area (Å²) in [6.45, 7) is 3.19. The van der Waals surface area contributed by atoms with Gasteiger partial charge in [0.15, 0.2) is 0 Å². The number of hydrogen-bond donors (Lipinski definition) is 2. The first-order valence-corrected chi connectivity index (χ1v) is 8.27. The molecule has 3 N–H and O–H groups in total. The highest BCUT2D eigenvalue weighted by molar-refractivity contribution is 6.31. The number of halogens is 1. The Hall–Kier alpha value is -2.60. The number of ether oxygens (including phenoxy) is 2. The highest BCUT2D eigenvalue weighted by Crippen LogP contribution is 2.34. The normalized spacial score (nSPS) is 13.0. The first-order chi connectivity index (χ1) is 12.0. The fraction of sp³-hybridized carbons (Fsp3) is 0.278. The lowest BCUT2D eigenvalue weighted by Gasteiger charge is -2.31. The lowest BCUT2D eigenvalue weighted by atomic mass is 10.2. The van der Waals surface area contributed by atoms with Crippen LogP contribution in [0, 0.1) is 6.92 Å². The molecule has 0 unspecified atom stereocenters. The second-order valence-corrected chi connectivity index (χ2v) is 6.25. The molecule has 0 radical (unpaired) electrons. The van der Waals surface area contributed by atoms with E-state index >= 15 is 0 Å².